The van der Waals surface area contributed by atoms with Gasteiger partial charge in [-0.3, -0.25) is 19.3 Å². The lowest BCUT2D eigenvalue weighted by Crippen LogP contribution is -2.45. The molecule has 5 rings (SSSR count). The lowest BCUT2D eigenvalue weighted by Gasteiger charge is -2.37. The molecule has 7 heteroatoms. The Kier molecular flexibility index (Phi) is 9.52. The van der Waals surface area contributed by atoms with Crippen LogP contribution >= 0.6 is 11.8 Å². The van der Waals surface area contributed by atoms with Gasteiger partial charge in [-0.2, -0.15) is 0 Å². The van der Waals surface area contributed by atoms with Crippen molar-refractivity contribution in [2.45, 2.75) is 41.1 Å². The monoisotopic (exact) mass is 579 g/mol. The van der Waals surface area contributed by atoms with Crippen molar-refractivity contribution in [3.05, 3.63) is 138 Å². The van der Waals surface area contributed by atoms with Crippen LogP contribution in [0.15, 0.2) is 126 Å². The molecule has 0 unspecified atom stereocenters. The number of methoxy groups -OCH3 is 1. The van der Waals surface area contributed by atoms with Gasteiger partial charge in [-0.25, -0.2) is 0 Å². The molecular weight excluding hydrogens is 546 g/mol. The second kappa shape index (κ2) is 13.6. The number of carbonyl (C=O) groups excluding carboxylic acids is 3. The topological polar surface area (TPSA) is 72.9 Å². The third kappa shape index (κ3) is 6.32. The van der Waals surface area contributed by atoms with Crippen LogP contribution in [0.3, 0.4) is 0 Å². The number of hydrogen-bond acceptors (Lipinski definition) is 6. The van der Waals surface area contributed by atoms with E-state index in [2.05, 4.69) is 0 Å². The lowest BCUT2D eigenvalue weighted by molar-refractivity contribution is -0.149. The molecule has 0 spiro atoms. The Hall–Kier alpha value is -4.20. The van der Waals surface area contributed by atoms with Crippen molar-refractivity contribution in [3.63, 3.8) is 0 Å². The molecule has 1 saturated heterocycles. The molecule has 0 aliphatic carbocycles. The summed E-state index contributed by atoms with van der Waals surface area (Å²) in [4.78, 5) is 41.5. The quantitative estimate of drug-likeness (QED) is 0.119. The molecule has 1 aliphatic heterocycles. The third-order valence-electron chi connectivity index (χ3n) is 7.47. The van der Waals surface area contributed by atoms with Gasteiger partial charge in [-0.15, -0.1) is 11.8 Å². The summed E-state index contributed by atoms with van der Waals surface area (Å²) in [6.07, 6.45) is 0.562. The number of amides is 2. The maximum Gasteiger partial charge on any atom is 0.319 e. The third-order valence-corrected chi connectivity index (χ3v) is 8.66. The van der Waals surface area contributed by atoms with E-state index in [1.165, 1.54) is 23.8 Å². The van der Waals surface area contributed by atoms with Gasteiger partial charge in [0.05, 0.1) is 26.2 Å². The number of imide groups is 1. The first-order valence-corrected chi connectivity index (χ1v) is 14.9. The molecule has 42 heavy (non-hydrogen) atoms. The fourth-order valence-electron chi connectivity index (χ4n) is 5.46. The van der Waals surface area contributed by atoms with E-state index in [-0.39, 0.29) is 25.4 Å². The normalized spacial score (nSPS) is 15.8. The SMILES string of the molecule is COC(=O)[C@@H](CC(=O)N1C(=O)CC[C@H]1COC(c1ccccc1)(c1ccccc1)c1ccccc1)Sc1ccccc1. The molecule has 0 bridgehead atoms. The molecule has 0 N–H and O–H groups in total. The molecule has 0 saturated carbocycles. The number of nitrogens with zero attached hydrogens (tertiary/aromatic N) is 1. The summed E-state index contributed by atoms with van der Waals surface area (Å²) in [5.41, 5.74) is 1.85. The van der Waals surface area contributed by atoms with Crippen LogP contribution in [0, 0.1) is 0 Å². The average molecular weight is 580 g/mol. The zero-order valence-electron chi connectivity index (χ0n) is 23.4. The van der Waals surface area contributed by atoms with Crippen molar-refractivity contribution in [3.8, 4) is 0 Å². The standard InChI is InChI=1S/C35H33NO5S/c1-40-34(39)31(42-30-20-12-5-13-21-30)24-33(38)36-29(22-23-32(36)37)25-41-35(26-14-6-2-7-15-26,27-16-8-3-9-17-27)28-18-10-4-11-19-28/h2-21,29,31H,22-25H2,1H3/t29-,31+/m0/s1. The molecule has 2 atom stereocenters. The molecule has 4 aromatic carbocycles. The van der Waals surface area contributed by atoms with E-state index >= 15 is 0 Å². The van der Waals surface area contributed by atoms with Gasteiger partial charge in [0.25, 0.3) is 0 Å². The summed E-state index contributed by atoms with van der Waals surface area (Å²) in [6.45, 7) is 0.130. The molecule has 6 nitrogen and oxygen atoms in total. The van der Waals surface area contributed by atoms with Crippen molar-refractivity contribution in [1.29, 1.82) is 0 Å². The van der Waals surface area contributed by atoms with Gasteiger partial charge in [0.15, 0.2) is 0 Å². The highest BCUT2D eigenvalue weighted by atomic mass is 32.2. The highest BCUT2D eigenvalue weighted by molar-refractivity contribution is 8.00. The second-order valence-electron chi connectivity index (χ2n) is 10.1. The Morgan fingerprint density at radius 1 is 0.810 bits per heavy atom. The van der Waals surface area contributed by atoms with E-state index in [9.17, 15) is 14.4 Å². The minimum absolute atomic E-state index is 0.130. The molecule has 1 fully saturated rings. The first kappa shape index (κ1) is 29.3. The minimum Gasteiger partial charge on any atom is -0.468 e. The van der Waals surface area contributed by atoms with Crippen LogP contribution in [0.4, 0.5) is 0 Å². The van der Waals surface area contributed by atoms with Crippen molar-refractivity contribution in [1.82, 2.24) is 4.90 Å². The predicted molar refractivity (Wildman–Crippen MR) is 163 cm³/mol. The van der Waals surface area contributed by atoms with E-state index < -0.39 is 28.8 Å². The van der Waals surface area contributed by atoms with Crippen molar-refractivity contribution >= 4 is 29.5 Å². The molecule has 0 aromatic heterocycles. The highest BCUT2D eigenvalue weighted by Crippen LogP contribution is 2.41. The van der Waals surface area contributed by atoms with Crippen LogP contribution in [0.5, 0.6) is 0 Å². The number of carbonyl (C=O) groups is 3. The maximum absolute atomic E-state index is 13.7. The zero-order valence-corrected chi connectivity index (χ0v) is 24.2. The van der Waals surface area contributed by atoms with E-state index in [4.69, 9.17) is 9.47 Å². The van der Waals surface area contributed by atoms with E-state index in [0.717, 1.165) is 21.6 Å². The van der Waals surface area contributed by atoms with Crippen LogP contribution in [0.25, 0.3) is 0 Å². The van der Waals surface area contributed by atoms with Gasteiger partial charge in [0.2, 0.25) is 11.8 Å². The van der Waals surface area contributed by atoms with Crippen LogP contribution in [0.2, 0.25) is 0 Å². The summed E-state index contributed by atoms with van der Waals surface area (Å²) in [5, 5.41) is -0.781. The van der Waals surface area contributed by atoms with Crippen molar-refractivity contribution in [2.24, 2.45) is 0 Å². The van der Waals surface area contributed by atoms with Crippen LogP contribution in [-0.4, -0.2) is 47.7 Å². The molecule has 1 heterocycles. The number of esters is 1. The fourth-order valence-corrected chi connectivity index (χ4v) is 6.52. The van der Waals surface area contributed by atoms with Gasteiger partial charge in [0.1, 0.15) is 10.9 Å². The number of benzene rings is 4. The molecular formula is C35H33NO5S. The van der Waals surface area contributed by atoms with Crippen LogP contribution in [0.1, 0.15) is 36.0 Å². The number of ether oxygens (including phenoxy) is 2. The molecule has 4 aromatic rings. The number of thioether (sulfide) groups is 1. The number of hydrogen-bond donors (Lipinski definition) is 0. The zero-order chi connectivity index (χ0) is 29.4. The predicted octanol–water partition coefficient (Wildman–Crippen LogP) is 6.24. The Labute approximate surface area is 250 Å². The molecule has 1 aliphatic rings. The molecule has 2 amide bonds. The largest absolute Gasteiger partial charge is 0.468 e. The van der Waals surface area contributed by atoms with Gasteiger partial charge < -0.3 is 9.47 Å². The smallest absolute Gasteiger partial charge is 0.319 e. The summed E-state index contributed by atoms with van der Waals surface area (Å²) >= 11 is 1.26. The first-order valence-electron chi connectivity index (χ1n) is 14.0. The first-order chi connectivity index (χ1) is 20.5. The van der Waals surface area contributed by atoms with Crippen LogP contribution < -0.4 is 0 Å². The second-order valence-corrected chi connectivity index (χ2v) is 11.4. The Bertz CT molecular complexity index is 1380. The van der Waals surface area contributed by atoms with Crippen LogP contribution in [-0.2, 0) is 29.5 Å². The van der Waals surface area contributed by atoms with Gasteiger partial charge in [-0.05, 0) is 35.2 Å². The fraction of sp³-hybridized carbons (Fsp3) is 0.229. The highest BCUT2D eigenvalue weighted by Gasteiger charge is 2.42. The number of rotatable bonds is 11. The Morgan fingerprint density at radius 3 is 1.76 bits per heavy atom. The van der Waals surface area contributed by atoms with Gasteiger partial charge in [0, 0.05) is 11.3 Å². The lowest BCUT2D eigenvalue weighted by atomic mass is 9.80. The van der Waals surface area contributed by atoms with Gasteiger partial charge in [-0.1, -0.05) is 109 Å². The van der Waals surface area contributed by atoms with E-state index in [0.29, 0.717) is 6.42 Å². The summed E-state index contributed by atoms with van der Waals surface area (Å²) in [6, 6.07) is 38.9. The number of likely N-dealkylation sites (tertiary alicyclic amines) is 1. The summed E-state index contributed by atoms with van der Waals surface area (Å²) < 4.78 is 11.9. The molecule has 214 valence electrons. The van der Waals surface area contributed by atoms with E-state index in [1.807, 2.05) is 121 Å². The Morgan fingerprint density at radius 2 is 1.29 bits per heavy atom. The van der Waals surface area contributed by atoms with Crippen molar-refractivity contribution in [2.75, 3.05) is 13.7 Å². The van der Waals surface area contributed by atoms with Gasteiger partial charge >= 0.3 is 5.97 Å². The summed E-state index contributed by atoms with van der Waals surface area (Å²) in [5.74, 6) is -1.17. The average Bonchev–Trinajstić information content (AvgIpc) is 3.42. The minimum atomic E-state index is -0.970. The van der Waals surface area contributed by atoms with Crippen molar-refractivity contribution < 1.29 is 23.9 Å². The Balaban J connectivity index is 1.43. The maximum atomic E-state index is 13.7. The van der Waals surface area contributed by atoms with E-state index in [1.54, 1.807) is 0 Å². The summed E-state index contributed by atoms with van der Waals surface area (Å²) in [7, 11) is 1.30. The molecule has 0 radical (unpaired) electrons.